The zero-order valence-electron chi connectivity index (χ0n) is 12.2. The molecule has 0 spiro atoms. The molecule has 1 aromatic heterocycles. The summed E-state index contributed by atoms with van der Waals surface area (Å²) < 4.78 is 13.2. The minimum atomic E-state index is -0.0217. The fourth-order valence-corrected chi connectivity index (χ4v) is 1.98. The van der Waals surface area contributed by atoms with Crippen LogP contribution in [0.5, 0.6) is 11.5 Å². The summed E-state index contributed by atoms with van der Waals surface area (Å²) in [6.45, 7) is 5.23. The van der Waals surface area contributed by atoms with E-state index in [0.29, 0.717) is 12.4 Å². The Morgan fingerprint density at radius 2 is 2.15 bits per heavy atom. The highest BCUT2D eigenvalue weighted by Gasteiger charge is 2.08. The van der Waals surface area contributed by atoms with Gasteiger partial charge in [-0.2, -0.15) is 0 Å². The molecule has 1 heterocycles. The standard InChI is InChI=1S/C15H21N3O2/c1-11(16)13-4-5-14(15(10-13)19-3)20-9-8-18-7-6-17-12(18)2/h4-7,10-11H,8-9,16H2,1-3H3/t11-/m0/s1. The number of aromatic nitrogens is 2. The van der Waals surface area contributed by atoms with Crippen molar-refractivity contribution in [3.8, 4) is 11.5 Å². The lowest BCUT2D eigenvalue weighted by molar-refractivity contribution is 0.278. The Kier molecular flexibility index (Phi) is 4.63. The predicted octanol–water partition coefficient (Wildman–Crippen LogP) is 2.30. The first-order chi connectivity index (χ1) is 9.61. The van der Waals surface area contributed by atoms with Gasteiger partial charge >= 0.3 is 0 Å². The van der Waals surface area contributed by atoms with Crippen molar-refractivity contribution in [3.05, 3.63) is 42.0 Å². The van der Waals surface area contributed by atoms with Gasteiger partial charge in [0, 0.05) is 18.4 Å². The fraction of sp³-hybridized carbons (Fsp3) is 0.400. The normalized spacial score (nSPS) is 12.2. The van der Waals surface area contributed by atoms with E-state index in [1.165, 1.54) is 0 Å². The molecule has 0 aliphatic rings. The van der Waals surface area contributed by atoms with E-state index in [0.717, 1.165) is 23.7 Å². The lowest BCUT2D eigenvalue weighted by Crippen LogP contribution is -2.10. The van der Waals surface area contributed by atoms with E-state index < -0.39 is 0 Å². The average molecular weight is 275 g/mol. The Balaban J connectivity index is 2.00. The highest BCUT2D eigenvalue weighted by atomic mass is 16.5. The maximum Gasteiger partial charge on any atom is 0.161 e. The third-order valence-electron chi connectivity index (χ3n) is 3.23. The first kappa shape index (κ1) is 14.4. The minimum absolute atomic E-state index is 0.0217. The molecule has 5 heteroatoms. The van der Waals surface area contributed by atoms with Crippen LogP contribution in [0.15, 0.2) is 30.6 Å². The van der Waals surface area contributed by atoms with Crippen LogP contribution in [-0.4, -0.2) is 23.3 Å². The van der Waals surface area contributed by atoms with Crippen LogP contribution in [0.2, 0.25) is 0 Å². The van der Waals surface area contributed by atoms with Gasteiger partial charge in [0.1, 0.15) is 12.4 Å². The van der Waals surface area contributed by atoms with Crippen LogP contribution < -0.4 is 15.2 Å². The van der Waals surface area contributed by atoms with Crippen molar-refractivity contribution < 1.29 is 9.47 Å². The van der Waals surface area contributed by atoms with Crippen molar-refractivity contribution in [1.82, 2.24) is 9.55 Å². The van der Waals surface area contributed by atoms with Gasteiger partial charge in [0.25, 0.3) is 0 Å². The van der Waals surface area contributed by atoms with Gasteiger partial charge in [-0.15, -0.1) is 0 Å². The summed E-state index contributed by atoms with van der Waals surface area (Å²) in [5, 5.41) is 0. The maximum atomic E-state index is 5.86. The summed E-state index contributed by atoms with van der Waals surface area (Å²) in [7, 11) is 1.63. The van der Waals surface area contributed by atoms with E-state index in [9.17, 15) is 0 Å². The van der Waals surface area contributed by atoms with Crippen molar-refractivity contribution in [1.29, 1.82) is 0 Å². The third-order valence-corrected chi connectivity index (χ3v) is 3.23. The van der Waals surface area contributed by atoms with E-state index in [4.69, 9.17) is 15.2 Å². The fourth-order valence-electron chi connectivity index (χ4n) is 1.98. The molecule has 0 fully saturated rings. The molecule has 0 aliphatic heterocycles. The summed E-state index contributed by atoms with van der Waals surface area (Å²) in [5.41, 5.74) is 6.89. The molecular weight excluding hydrogens is 254 g/mol. The Labute approximate surface area is 119 Å². The molecule has 2 rings (SSSR count). The van der Waals surface area contributed by atoms with Crippen LogP contribution in [0.3, 0.4) is 0 Å². The van der Waals surface area contributed by atoms with Gasteiger partial charge in [-0.25, -0.2) is 4.98 Å². The number of nitrogens with two attached hydrogens (primary N) is 1. The second-order valence-corrected chi connectivity index (χ2v) is 4.72. The number of rotatable bonds is 6. The van der Waals surface area contributed by atoms with Crippen molar-refractivity contribution in [2.45, 2.75) is 26.4 Å². The topological polar surface area (TPSA) is 62.3 Å². The summed E-state index contributed by atoms with van der Waals surface area (Å²) in [6.07, 6.45) is 3.72. The number of hydrogen-bond acceptors (Lipinski definition) is 4. The van der Waals surface area contributed by atoms with Gasteiger partial charge in [0.2, 0.25) is 0 Å². The number of methoxy groups -OCH3 is 1. The SMILES string of the molecule is COc1cc([C@H](C)N)ccc1OCCn1ccnc1C. The molecule has 2 aromatic rings. The van der Waals surface area contributed by atoms with E-state index in [1.54, 1.807) is 13.3 Å². The number of benzene rings is 1. The van der Waals surface area contributed by atoms with Crippen LogP contribution in [0.1, 0.15) is 24.4 Å². The van der Waals surface area contributed by atoms with Gasteiger partial charge in [0.15, 0.2) is 11.5 Å². The van der Waals surface area contributed by atoms with Crippen LogP contribution in [-0.2, 0) is 6.54 Å². The molecule has 0 unspecified atom stereocenters. The van der Waals surface area contributed by atoms with Gasteiger partial charge in [0.05, 0.1) is 13.7 Å². The van der Waals surface area contributed by atoms with Gasteiger partial charge in [-0.05, 0) is 31.5 Å². The number of imidazole rings is 1. The molecule has 1 atom stereocenters. The van der Waals surface area contributed by atoms with Crippen molar-refractivity contribution in [2.75, 3.05) is 13.7 Å². The molecular formula is C15H21N3O2. The van der Waals surface area contributed by atoms with Crippen LogP contribution in [0.4, 0.5) is 0 Å². The van der Waals surface area contributed by atoms with Crippen LogP contribution >= 0.6 is 0 Å². The van der Waals surface area contributed by atoms with Crippen molar-refractivity contribution in [3.63, 3.8) is 0 Å². The quantitative estimate of drug-likeness (QED) is 0.878. The van der Waals surface area contributed by atoms with E-state index >= 15 is 0 Å². The first-order valence-corrected chi connectivity index (χ1v) is 6.66. The lowest BCUT2D eigenvalue weighted by Gasteiger charge is -2.14. The second-order valence-electron chi connectivity index (χ2n) is 4.72. The lowest BCUT2D eigenvalue weighted by atomic mass is 10.1. The Morgan fingerprint density at radius 3 is 2.75 bits per heavy atom. The molecule has 2 N–H and O–H groups in total. The largest absolute Gasteiger partial charge is 0.493 e. The summed E-state index contributed by atoms with van der Waals surface area (Å²) in [5.74, 6) is 2.42. The van der Waals surface area contributed by atoms with E-state index in [-0.39, 0.29) is 6.04 Å². The number of nitrogens with zero attached hydrogens (tertiary/aromatic N) is 2. The van der Waals surface area contributed by atoms with Crippen LogP contribution in [0, 0.1) is 6.92 Å². The second kappa shape index (κ2) is 6.43. The zero-order chi connectivity index (χ0) is 14.5. The summed E-state index contributed by atoms with van der Waals surface area (Å²) in [4.78, 5) is 4.18. The molecule has 5 nitrogen and oxygen atoms in total. The molecule has 0 saturated carbocycles. The summed E-state index contributed by atoms with van der Waals surface area (Å²) in [6, 6.07) is 5.76. The molecule has 0 saturated heterocycles. The van der Waals surface area contributed by atoms with E-state index in [2.05, 4.69) is 4.98 Å². The third kappa shape index (κ3) is 3.30. The molecule has 1 aromatic carbocycles. The monoisotopic (exact) mass is 275 g/mol. The van der Waals surface area contributed by atoms with Crippen molar-refractivity contribution >= 4 is 0 Å². The van der Waals surface area contributed by atoms with Gasteiger partial charge in [-0.1, -0.05) is 6.07 Å². The Hall–Kier alpha value is -2.01. The highest BCUT2D eigenvalue weighted by Crippen LogP contribution is 2.29. The molecule has 0 amide bonds. The smallest absolute Gasteiger partial charge is 0.161 e. The van der Waals surface area contributed by atoms with Gasteiger partial charge in [-0.3, -0.25) is 0 Å². The predicted molar refractivity (Wildman–Crippen MR) is 78.1 cm³/mol. The number of hydrogen-bond donors (Lipinski definition) is 1. The number of aryl methyl sites for hydroxylation is 1. The molecule has 20 heavy (non-hydrogen) atoms. The molecule has 0 radical (unpaired) electrons. The molecule has 108 valence electrons. The molecule has 0 bridgehead atoms. The summed E-state index contributed by atoms with van der Waals surface area (Å²) >= 11 is 0. The zero-order valence-corrected chi connectivity index (χ0v) is 12.2. The van der Waals surface area contributed by atoms with Crippen LogP contribution in [0.25, 0.3) is 0 Å². The average Bonchev–Trinajstić information content (AvgIpc) is 2.84. The highest BCUT2D eigenvalue weighted by molar-refractivity contribution is 5.43. The van der Waals surface area contributed by atoms with Crippen molar-refractivity contribution in [2.24, 2.45) is 5.73 Å². The van der Waals surface area contributed by atoms with Gasteiger partial charge < -0.3 is 19.8 Å². The molecule has 0 aliphatic carbocycles. The Morgan fingerprint density at radius 1 is 1.35 bits per heavy atom. The van der Waals surface area contributed by atoms with E-state index in [1.807, 2.05) is 42.8 Å². The number of ether oxygens (including phenoxy) is 2. The maximum absolute atomic E-state index is 5.86. The minimum Gasteiger partial charge on any atom is -0.493 e. The first-order valence-electron chi connectivity index (χ1n) is 6.66. The Bertz CT molecular complexity index is 564.